The SMILES string of the molecule is CCCCCCCOc1ccc(OC(=O)c2ccc(N=Nc3ccc4c(c3)C=CC3(O4)N(C)c4ccccc4C3(C)C)cc2)cc1. The highest BCUT2D eigenvalue weighted by Crippen LogP contribution is 2.54. The molecule has 0 fully saturated rings. The minimum absolute atomic E-state index is 0.254. The van der Waals surface area contributed by atoms with Gasteiger partial charge in [0.25, 0.3) is 0 Å². The smallest absolute Gasteiger partial charge is 0.343 e. The van der Waals surface area contributed by atoms with Crippen molar-refractivity contribution in [1.29, 1.82) is 0 Å². The third-order valence-corrected chi connectivity index (χ3v) is 9.02. The zero-order chi connectivity index (χ0) is 32.1. The number of hydrogen-bond acceptors (Lipinski definition) is 7. The van der Waals surface area contributed by atoms with Gasteiger partial charge in [-0.1, -0.05) is 50.8 Å². The van der Waals surface area contributed by atoms with Gasteiger partial charge in [-0.15, -0.1) is 0 Å². The summed E-state index contributed by atoms with van der Waals surface area (Å²) in [6.07, 6.45) is 10.2. The maximum Gasteiger partial charge on any atom is 0.343 e. The second-order valence-electron chi connectivity index (χ2n) is 12.4. The molecule has 0 saturated heterocycles. The molecule has 0 aliphatic carbocycles. The van der Waals surface area contributed by atoms with E-state index in [1.165, 1.54) is 36.9 Å². The number of rotatable bonds is 11. The highest BCUT2D eigenvalue weighted by molar-refractivity contribution is 5.91. The predicted octanol–water partition coefficient (Wildman–Crippen LogP) is 10.2. The molecule has 6 rings (SSSR count). The van der Waals surface area contributed by atoms with Gasteiger partial charge in [-0.25, -0.2) is 4.79 Å². The third-order valence-electron chi connectivity index (χ3n) is 9.02. The number of carbonyl (C=O) groups excluding carboxylic acids is 1. The maximum atomic E-state index is 12.7. The second kappa shape index (κ2) is 13.2. The van der Waals surface area contributed by atoms with Crippen molar-refractivity contribution >= 4 is 29.1 Å². The molecule has 2 heterocycles. The van der Waals surface area contributed by atoms with Crippen LogP contribution in [-0.4, -0.2) is 25.3 Å². The fraction of sp³-hybridized carbons (Fsp3) is 0.308. The summed E-state index contributed by atoms with van der Waals surface area (Å²) in [5.41, 5.74) is 4.27. The zero-order valence-corrected chi connectivity index (χ0v) is 27.0. The number of nitrogens with zero attached hydrogens (tertiary/aromatic N) is 3. The van der Waals surface area contributed by atoms with Crippen LogP contribution < -0.4 is 19.1 Å². The topological polar surface area (TPSA) is 72.7 Å². The highest BCUT2D eigenvalue weighted by Gasteiger charge is 2.57. The molecule has 7 heteroatoms. The van der Waals surface area contributed by atoms with Gasteiger partial charge >= 0.3 is 5.97 Å². The molecule has 4 aromatic carbocycles. The Bertz CT molecular complexity index is 1740. The number of likely N-dealkylation sites (N-methyl/N-ethyl adjacent to an activating group) is 1. The molecule has 1 spiro atoms. The van der Waals surface area contributed by atoms with Gasteiger partial charge in [0.2, 0.25) is 5.72 Å². The van der Waals surface area contributed by atoms with E-state index >= 15 is 0 Å². The van der Waals surface area contributed by atoms with Crippen molar-refractivity contribution in [2.75, 3.05) is 18.6 Å². The monoisotopic (exact) mass is 615 g/mol. The van der Waals surface area contributed by atoms with Crippen LogP contribution >= 0.6 is 0 Å². The lowest BCUT2D eigenvalue weighted by atomic mass is 9.76. The summed E-state index contributed by atoms with van der Waals surface area (Å²) in [7, 11) is 2.08. The summed E-state index contributed by atoms with van der Waals surface area (Å²) in [6.45, 7) is 7.35. The van der Waals surface area contributed by atoms with Crippen molar-refractivity contribution in [2.45, 2.75) is 64.0 Å². The van der Waals surface area contributed by atoms with Gasteiger partial charge in [-0.05, 0) is 111 Å². The van der Waals surface area contributed by atoms with Crippen molar-refractivity contribution in [3.63, 3.8) is 0 Å². The van der Waals surface area contributed by atoms with Crippen molar-refractivity contribution in [2.24, 2.45) is 10.2 Å². The number of benzene rings is 4. The Morgan fingerprint density at radius 1 is 0.826 bits per heavy atom. The molecule has 0 amide bonds. The van der Waals surface area contributed by atoms with Gasteiger partial charge in [0, 0.05) is 18.3 Å². The fourth-order valence-corrected chi connectivity index (χ4v) is 6.27. The average molecular weight is 616 g/mol. The molecular weight excluding hydrogens is 574 g/mol. The van der Waals surface area contributed by atoms with Crippen LogP contribution in [0.3, 0.4) is 0 Å². The number of unbranched alkanes of at least 4 members (excludes halogenated alkanes) is 4. The molecule has 7 nitrogen and oxygen atoms in total. The highest BCUT2D eigenvalue weighted by atomic mass is 16.5. The zero-order valence-electron chi connectivity index (χ0n) is 27.0. The molecule has 46 heavy (non-hydrogen) atoms. The summed E-state index contributed by atoms with van der Waals surface area (Å²) < 4.78 is 18.1. The van der Waals surface area contributed by atoms with Gasteiger partial charge in [0.05, 0.1) is 29.0 Å². The van der Waals surface area contributed by atoms with E-state index < -0.39 is 11.7 Å². The van der Waals surface area contributed by atoms with Crippen molar-refractivity contribution in [3.05, 3.63) is 114 Å². The third kappa shape index (κ3) is 6.14. The lowest BCUT2D eigenvalue weighted by Gasteiger charge is -2.45. The molecule has 1 atom stereocenters. The predicted molar refractivity (Wildman–Crippen MR) is 183 cm³/mol. The Morgan fingerprint density at radius 3 is 2.28 bits per heavy atom. The fourth-order valence-electron chi connectivity index (χ4n) is 6.27. The molecule has 4 aromatic rings. The first-order valence-corrected chi connectivity index (χ1v) is 16.1. The van der Waals surface area contributed by atoms with Crippen LogP contribution in [-0.2, 0) is 5.41 Å². The molecular formula is C39H41N3O4. The minimum atomic E-state index is -0.624. The summed E-state index contributed by atoms with van der Waals surface area (Å²) >= 11 is 0. The van der Waals surface area contributed by atoms with Gasteiger partial charge in [-0.2, -0.15) is 10.2 Å². The minimum Gasteiger partial charge on any atom is -0.494 e. The van der Waals surface area contributed by atoms with E-state index in [9.17, 15) is 4.79 Å². The number of carbonyl (C=O) groups is 1. The Kier molecular flexibility index (Phi) is 8.93. The Morgan fingerprint density at radius 2 is 1.52 bits per heavy atom. The van der Waals surface area contributed by atoms with E-state index in [2.05, 4.69) is 79.4 Å². The molecule has 0 N–H and O–H groups in total. The number of hydrogen-bond donors (Lipinski definition) is 0. The number of anilines is 1. The maximum absolute atomic E-state index is 12.7. The van der Waals surface area contributed by atoms with Crippen molar-refractivity contribution in [1.82, 2.24) is 0 Å². The van der Waals surface area contributed by atoms with Crippen LogP contribution in [0.4, 0.5) is 17.1 Å². The average Bonchev–Trinajstić information content (AvgIpc) is 3.24. The Hall–Kier alpha value is -4.91. The number of fused-ring (bicyclic) bond motifs is 2. The van der Waals surface area contributed by atoms with Crippen LogP contribution in [0.2, 0.25) is 0 Å². The molecule has 2 aliphatic rings. The molecule has 0 radical (unpaired) electrons. The second-order valence-corrected chi connectivity index (χ2v) is 12.4. The first-order valence-electron chi connectivity index (χ1n) is 16.1. The standard InChI is InChI=1S/C39H41N3O4/c1-5-6-7-8-11-26-44-32-19-21-33(22-20-32)45-37(43)28-14-16-30(17-15-28)40-41-31-18-23-36-29(27-31)24-25-39(46-36)38(2,3)34-12-9-10-13-35(34)42(39)4/h9-10,12-25,27H,5-8,11,26H2,1-4H3. The van der Waals surface area contributed by atoms with Gasteiger partial charge in [0.15, 0.2) is 0 Å². The van der Waals surface area contributed by atoms with E-state index in [0.29, 0.717) is 29.3 Å². The van der Waals surface area contributed by atoms with Crippen LogP contribution in [0.5, 0.6) is 17.2 Å². The van der Waals surface area contributed by atoms with Gasteiger partial charge in [-0.3, -0.25) is 0 Å². The molecule has 0 aromatic heterocycles. The van der Waals surface area contributed by atoms with Crippen molar-refractivity contribution in [3.8, 4) is 17.2 Å². The quantitative estimate of drug-likeness (QED) is 0.0726. The summed E-state index contributed by atoms with van der Waals surface area (Å²) in [5, 5.41) is 8.82. The first kappa shape index (κ1) is 31.1. The Balaban J connectivity index is 1.04. The summed E-state index contributed by atoms with van der Waals surface area (Å²) in [5.74, 6) is 1.60. The van der Waals surface area contributed by atoms with Gasteiger partial charge < -0.3 is 19.1 Å². The van der Waals surface area contributed by atoms with E-state index in [1.807, 2.05) is 30.3 Å². The normalized spacial score (nSPS) is 17.5. The molecule has 0 bridgehead atoms. The van der Waals surface area contributed by atoms with Crippen LogP contribution in [0.25, 0.3) is 6.08 Å². The number of ether oxygens (including phenoxy) is 3. The van der Waals surface area contributed by atoms with E-state index in [-0.39, 0.29) is 5.41 Å². The van der Waals surface area contributed by atoms with E-state index in [0.717, 1.165) is 23.5 Å². The van der Waals surface area contributed by atoms with Crippen LogP contribution in [0.15, 0.2) is 107 Å². The first-order chi connectivity index (χ1) is 22.3. The molecule has 0 saturated carbocycles. The number of esters is 1. The molecule has 236 valence electrons. The number of azo groups is 1. The van der Waals surface area contributed by atoms with E-state index in [4.69, 9.17) is 14.2 Å². The Labute approximate surface area is 271 Å². The molecule has 1 unspecified atom stereocenters. The largest absolute Gasteiger partial charge is 0.494 e. The van der Waals surface area contributed by atoms with Crippen LogP contribution in [0, 0.1) is 0 Å². The summed E-state index contributed by atoms with van der Waals surface area (Å²) in [4.78, 5) is 14.9. The van der Waals surface area contributed by atoms with Crippen LogP contribution in [0.1, 0.15) is 74.4 Å². The lowest BCUT2D eigenvalue weighted by molar-refractivity contribution is 0.0582. The van der Waals surface area contributed by atoms with E-state index in [1.54, 1.807) is 36.4 Å². The lowest BCUT2D eigenvalue weighted by Crippen LogP contribution is -2.58. The molecule has 2 aliphatic heterocycles. The summed E-state index contributed by atoms with van der Waals surface area (Å²) in [6, 6.07) is 28.3. The van der Waals surface area contributed by atoms with Crippen molar-refractivity contribution < 1.29 is 19.0 Å². The van der Waals surface area contributed by atoms with Gasteiger partial charge in [0.1, 0.15) is 17.2 Å². The number of para-hydroxylation sites is 1.